The SMILES string of the molecule is CC(C)(C)OC(=O)N[C@@H](COc1ccccc1)C[C@H](O)[C@H](COc1ccccc1)NC(=O)OC(C)(C)C. The van der Waals surface area contributed by atoms with Crippen LogP contribution in [0.3, 0.4) is 0 Å². The first-order valence-corrected chi connectivity index (χ1v) is 12.3. The van der Waals surface area contributed by atoms with Crippen molar-refractivity contribution in [2.75, 3.05) is 13.2 Å². The van der Waals surface area contributed by atoms with E-state index in [0.717, 1.165) is 0 Å². The quantitative estimate of drug-likeness (QED) is 0.397. The number of alkyl carbamates (subject to hydrolysis) is 2. The van der Waals surface area contributed by atoms with Gasteiger partial charge in [-0.15, -0.1) is 0 Å². The second-order valence-electron chi connectivity index (χ2n) is 10.6. The number of carbonyl (C=O) groups is 2. The Morgan fingerprint density at radius 1 is 0.730 bits per heavy atom. The van der Waals surface area contributed by atoms with Crippen LogP contribution < -0.4 is 20.1 Å². The van der Waals surface area contributed by atoms with Crippen molar-refractivity contribution in [3.05, 3.63) is 60.7 Å². The Labute approximate surface area is 219 Å². The Morgan fingerprint density at radius 2 is 1.16 bits per heavy atom. The first-order chi connectivity index (χ1) is 17.3. The third-order valence-corrected chi connectivity index (χ3v) is 4.78. The number of carbonyl (C=O) groups excluding carboxylic acids is 2. The number of para-hydroxylation sites is 2. The summed E-state index contributed by atoms with van der Waals surface area (Å²) in [4.78, 5) is 25.0. The molecule has 0 aliphatic carbocycles. The number of rotatable bonds is 11. The topological polar surface area (TPSA) is 115 Å². The Hall–Kier alpha value is -3.46. The number of aliphatic hydroxyl groups excluding tert-OH is 1. The minimum Gasteiger partial charge on any atom is -0.491 e. The molecule has 3 atom stereocenters. The summed E-state index contributed by atoms with van der Waals surface area (Å²) in [6.07, 6.45) is -2.40. The molecule has 0 aromatic heterocycles. The van der Waals surface area contributed by atoms with Crippen molar-refractivity contribution in [3.8, 4) is 11.5 Å². The highest BCUT2D eigenvalue weighted by Crippen LogP contribution is 2.15. The van der Waals surface area contributed by atoms with Gasteiger partial charge in [-0.05, 0) is 72.2 Å². The molecule has 0 unspecified atom stereocenters. The third-order valence-electron chi connectivity index (χ3n) is 4.78. The summed E-state index contributed by atoms with van der Waals surface area (Å²) >= 11 is 0. The highest BCUT2D eigenvalue weighted by molar-refractivity contribution is 5.68. The molecule has 0 aliphatic heterocycles. The largest absolute Gasteiger partial charge is 0.491 e. The van der Waals surface area contributed by atoms with Gasteiger partial charge in [-0.1, -0.05) is 36.4 Å². The molecule has 0 aliphatic rings. The van der Waals surface area contributed by atoms with Gasteiger partial charge in [0.2, 0.25) is 0 Å². The highest BCUT2D eigenvalue weighted by atomic mass is 16.6. The maximum Gasteiger partial charge on any atom is 0.408 e. The predicted octanol–water partition coefficient (Wildman–Crippen LogP) is 4.68. The summed E-state index contributed by atoms with van der Waals surface area (Å²) in [6.45, 7) is 10.6. The molecule has 0 spiro atoms. The zero-order valence-electron chi connectivity index (χ0n) is 22.5. The van der Waals surface area contributed by atoms with Crippen molar-refractivity contribution >= 4 is 12.2 Å². The fourth-order valence-corrected chi connectivity index (χ4v) is 3.22. The zero-order chi connectivity index (χ0) is 27.5. The number of aliphatic hydroxyl groups is 1. The lowest BCUT2D eigenvalue weighted by Gasteiger charge is -2.29. The second-order valence-corrected chi connectivity index (χ2v) is 10.6. The van der Waals surface area contributed by atoms with Gasteiger partial charge in [0.25, 0.3) is 0 Å². The Balaban J connectivity index is 2.14. The molecule has 0 bridgehead atoms. The predicted molar refractivity (Wildman–Crippen MR) is 141 cm³/mol. The molecule has 0 heterocycles. The first-order valence-electron chi connectivity index (χ1n) is 12.3. The minimum atomic E-state index is -1.12. The van der Waals surface area contributed by atoms with E-state index >= 15 is 0 Å². The maximum absolute atomic E-state index is 12.5. The highest BCUT2D eigenvalue weighted by Gasteiger charge is 2.29. The fraction of sp³-hybridized carbons (Fsp3) is 0.500. The van der Waals surface area contributed by atoms with Gasteiger partial charge in [-0.25, -0.2) is 9.59 Å². The molecule has 3 N–H and O–H groups in total. The van der Waals surface area contributed by atoms with Crippen LogP contribution in [0.2, 0.25) is 0 Å². The van der Waals surface area contributed by atoms with E-state index in [1.807, 2.05) is 36.4 Å². The number of benzene rings is 2. The lowest BCUT2D eigenvalue weighted by molar-refractivity contribution is 0.0286. The van der Waals surface area contributed by atoms with Crippen molar-refractivity contribution < 1.29 is 33.6 Å². The molecular weight excluding hydrogens is 476 g/mol. The van der Waals surface area contributed by atoms with Gasteiger partial charge in [-0.2, -0.15) is 0 Å². The van der Waals surface area contributed by atoms with Crippen LogP contribution in [-0.4, -0.2) is 59.9 Å². The third kappa shape index (κ3) is 12.9. The average molecular weight is 517 g/mol. The maximum atomic E-state index is 12.5. The van der Waals surface area contributed by atoms with Crippen LogP contribution in [0.25, 0.3) is 0 Å². The molecule has 2 amide bonds. The molecule has 0 saturated carbocycles. The van der Waals surface area contributed by atoms with Gasteiger partial charge in [0, 0.05) is 0 Å². The van der Waals surface area contributed by atoms with Crippen LogP contribution in [0.4, 0.5) is 9.59 Å². The molecular formula is C28H40N2O7. The van der Waals surface area contributed by atoms with E-state index < -0.39 is 41.6 Å². The number of hydrogen-bond acceptors (Lipinski definition) is 7. The summed E-state index contributed by atoms with van der Waals surface area (Å²) in [5.74, 6) is 1.20. The molecule has 37 heavy (non-hydrogen) atoms. The summed E-state index contributed by atoms with van der Waals surface area (Å²) < 4.78 is 22.4. The van der Waals surface area contributed by atoms with E-state index in [1.54, 1.807) is 65.8 Å². The van der Waals surface area contributed by atoms with Crippen molar-refractivity contribution in [1.29, 1.82) is 0 Å². The van der Waals surface area contributed by atoms with Gasteiger partial charge in [-0.3, -0.25) is 0 Å². The van der Waals surface area contributed by atoms with Gasteiger partial charge < -0.3 is 34.7 Å². The summed E-state index contributed by atoms with van der Waals surface area (Å²) in [5, 5.41) is 16.6. The molecule has 9 nitrogen and oxygen atoms in total. The van der Waals surface area contributed by atoms with Gasteiger partial charge in [0.15, 0.2) is 0 Å². The molecule has 0 saturated heterocycles. The summed E-state index contributed by atoms with van der Waals surface area (Å²) in [7, 11) is 0. The fourth-order valence-electron chi connectivity index (χ4n) is 3.22. The zero-order valence-corrected chi connectivity index (χ0v) is 22.5. The molecule has 9 heteroatoms. The molecule has 0 radical (unpaired) electrons. The van der Waals surface area contributed by atoms with Crippen molar-refractivity contribution in [2.24, 2.45) is 0 Å². The van der Waals surface area contributed by atoms with E-state index in [1.165, 1.54) is 0 Å². The van der Waals surface area contributed by atoms with Crippen LogP contribution in [-0.2, 0) is 9.47 Å². The minimum absolute atomic E-state index is 0.0247. The molecule has 0 fully saturated rings. The van der Waals surface area contributed by atoms with Crippen LogP contribution in [0, 0.1) is 0 Å². The van der Waals surface area contributed by atoms with Crippen molar-refractivity contribution in [3.63, 3.8) is 0 Å². The summed E-state index contributed by atoms with van der Waals surface area (Å²) in [6, 6.07) is 16.7. The lowest BCUT2D eigenvalue weighted by atomic mass is 10.0. The van der Waals surface area contributed by atoms with Gasteiger partial charge in [0.05, 0.1) is 18.2 Å². The van der Waals surface area contributed by atoms with Crippen molar-refractivity contribution in [1.82, 2.24) is 10.6 Å². The summed E-state index contributed by atoms with van der Waals surface area (Å²) in [5.41, 5.74) is -1.41. The van der Waals surface area contributed by atoms with Crippen LogP contribution in [0.5, 0.6) is 11.5 Å². The lowest BCUT2D eigenvalue weighted by Crippen LogP contribution is -2.52. The number of nitrogens with one attached hydrogen (secondary N) is 2. The van der Waals surface area contributed by atoms with Crippen LogP contribution >= 0.6 is 0 Å². The number of hydrogen-bond donors (Lipinski definition) is 3. The Kier molecular flexibility index (Phi) is 11.1. The van der Waals surface area contributed by atoms with Gasteiger partial charge in [0.1, 0.15) is 35.9 Å². The Morgan fingerprint density at radius 3 is 1.62 bits per heavy atom. The standard InChI is InChI=1S/C28H40N2O7/c1-27(2,3)36-25(32)29-20(18-34-21-13-9-7-10-14-21)17-24(31)23(30-26(33)37-28(4,5)6)19-35-22-15-11-8-12-16-22/h7-16,20,23-24,31H,17-19H2,1-6H3,(H,29,32)(H,30,33)/t20-,23+,24+/m1/s1. The van der Waals surface area contributed by atoms with E-state index in [0.29, 0.717) is 11.5 Å². The first kappa shape index (κ1) is 29.8. The average Bonchev–Trinajstić information content (AvgIpc) is 2.79. The Bertz CT molecular complexity index is 956. The van der Waals surface area contributed by atoms with E-state index in [9.17, 15) is 14.7 Å². The molecule has 2 aromatic carbocycles. The number of ether oxygens (including phenoxy) is 4. The smallest absolute Gasteiger partial charge is 0.408 e. The molecule has 2 aromatic rings. The van der Waals surface area contributed by atoms with E-state index in [-0.39, 0.29) is 19.6 Å². The van der Waals surface area contributed by atoms with Crippen molar-refractivity contribution in [2.45, 2.75) is 77.4 Å². The van der Waals surface area contributed by atoms with Crippen LogP contribution in [0.15, 0.2) is 60.7 Å². The second kappa shape index (κ2) is 13.7. The number of amides is 2. The molecule has 204 valence electrons. The monoisotopic (exact) mass is 516 g/mol. The van der Waals surface area contributed by atoms with E-state index in [4.69, 9.17) is 18.9 Å². The normalized spacial score (nSPS) is 14.0. The van der Waals surface area contributed by atoms with Crippen LogP contribution in [0.1, 0.15) is 48.0 Å². The van der Waals surface area contributed by atoms with Gasteiger partial charge >= 0.3 is 12.2 Å². The van der Waals surface area contributed by atoms with E-state index in [2.05, 4.69) is 10.6 Å². The molecule has 2 rings (SSSR count).